The zero-order valence-corrected chi connectivity index (χ0v) is 11.3. The molecule has 1 aliphatic rings. The van der Waals surface area contributed by atoms with E-state index in [0.717, 1.165) is 37.2 Å². The minimum atomic E-state index is 0.127. The van der Waals surface area contributed by atoms with Crippen LogP contribution in [0.5, 0.6) is 0 Å². The van der Waals surface area contributed by atoms with E-state index in [1.807, 2.05) is 12.1 Å². The third-order valence-corrected chi connectivity index (χ3v) is 3.73. The van der Waals surface area contributed by atoms with E-state index in [2.05, 4.69) is 36.5 Å². The molecular formula is C16H20N2O. The number of ether oxygens (including phenoxy) is 1. The monoisotopic (exact) mass is 256 g/mol. The maximum atomic E-state index is 5.89. The van der Waals surface area contributed by atoms with Crippen LogP contribution < -0.4 is 5.32 Å². The second kappa shape index (κ2) is 5.68. The maximum Gasteiger partial charge on any atom is 0.101 e. The average molecular weight is 256 g/mol. The van der Waals surface area contributed by atoms with Gasteiger partial charge in [-0.15, -0.1) is 0 Å². The molecule has 0 bridgehead atoms. The third kappa shape index (κ3) is 2.77. The fraction of sp³-hybridized carbons (Fsp3) is 0.438. The third-order valence-electron chi connectivity index (χ3n) is 3.73. The SMILES string of the molecule is CCNC1CCOC(c2ccc3ccccc3n2)C1. The van der Waals surface area contributed by atoms with E-state index in [1.165, 1.54) is 5.39 Å². The molecular weight excluding hydrogens is 236 g/mol. The van der Waals surface area contributed by atoms with Crippen molar-refractivity contribution in [3.8, 4) is 0 Å². The van der Waals surface area contributed by atoms with E-state index in [4.69, 9.17) is 9.72 Å². The number of para-hydroxylation sites is 1. The van der Waals surface area contributed by atoms with Gasteiger partial charge in [0.25, 0.3) is 0 Å². The van der Waals surface area contributed by atoms with Crippen molar-refractivity contribution in [3.05, 3.63) is 42.1 Å². The Kier molecular flexibility index (Phi) is 3.76. The second-order valence-corrected chi connectivity index (χ2v) is 5.07. The number of fused-ring (bicyclic) bond motifs is 1. The van der Waals surface area contributed by atoms with Gasteiger partial charge in [0.05, 0.1) is 11.2 Å². The first-order valence-corrected chi connectivity index (χ1v) is 7.07. The molecule has 100 valence electrons. The summed E-state index contributed by atoms with van der Waals surface area (Å²) >= 11 is 0. The lowest BCUT2D eigenvalue weighted by atomic mass is 10.00. The van der Waals surface area contributed by atoms with Crippen molar-refractivity contribution < 1.29 is 4.74 Å². The number of benzene rings is 1. The van der Waals surface area contributed by atoms with E-state index >= 15 is 0 Å². The highest BCUT2D eigenvalue weighted by atomic mass is 16.5. The molecule has 3 heteroatoms. The molecule has 0 amide bonds. The molecule has 2 unspecified atom stereocenters. The number of nitrogens with zero attached hydrogens (tertiary/aromatic N) is 1. The number of rotatable bonds is 3. The quantitative estimate of drug-likeness (QED) is 0.916. The summed E-state index contributed by atoms with van der Waals surface area (Å²) in [6.45, 7) is 3.98. The van der Waals surface area contributed by atoms with Crippen molar-refractivity contribution in [3.63, 3.8) is 0 Å². The molecule has 2 atom stereocenters. The lowest BCUT2D eigenvalue weighted by Crippen LogP contribution is -2.36. The van der Waals surface area contributed by atoms with Crippen LogP contribution in [0.1, 0.15) is 31.6 Å². The van der Waals surface area contributed by atoms with E-state index in [1.54, 1.807) is 0 Å². The molecule has 1 saturated heterocycles. The van der Waals surface area contributed by atoms with Crippen molar-refractivity contribution in [2.24, 2.45) is 0 Å². The molecule has 3 nitrogen and oxygen atoms in total. The summed E-state index contributed by atoms with van der Waals surface area (Å²) in [5, 5.41) is 4.70. The summed E-state index contributed by atoms with van der Waals surface area (Å²) < 4.78 is 5.89. The predicted octanol–water partition coefficient (Wildman–Crippen LogP) is 3.06. The van der Waals surface area contributed by atoms with Crippen LogP contribution in [0.3, 0.4) is 0 Å². The number of hydrogen-bond donors (Lipinski definition) is 1. The Bertz CT molecular complexity index is 553. The summed E-state index contributed by atoms with van der Waals surface area (Å²) in [5.41, 5.74) is 2.11. The Labute approximate surface area is 114 Å². The molecule has 0 radical (unpaired) electrons. The van der Waals surface area contributed by atoms with Crippen molar-refractivity contribution >= 4 is 10.9 Å². The molecule has 1 N–H and O–H groups in total. The first-order valence-electron chi connectivity index (χ1n) is 7.07. The minimum Gasteiger partial charge on any atom is -0.372 e. The van der Waals surface area contributed by atoms with Gasteiger partial charge < -0.3 is 10.1 Å². The predicted molar refractivity (Wildman–Crippen MR) is 77.1 cm³/mol. The van der Waals surface area contributed by atoms with Gasteiger partial charge in [-0.1, -0.05) is 31.2 Å². The highest BCUT2D eigenvalue weighted by Gasteiger charge is 2.24. The molecule has 1 aliphatic heterocycles. The number of pyridine rings is 1. The summed E-state index contributed by atoms with van der Waals surface area (Å²) in [4.78, 5) is 4.74. The lowest BCUT2D eigenvalue weighted by molar-refractivity contribution is -0.00170. The Morgan fingerprint density at radius 3 is 3.05 bits per heavy atom. The van der Waals surface area contributed by atoms with Crippen molar-refractivity contribution in [2.75, 3.05) is 13.2 Å². The molecule has 1 aromatic carbocycles. The van der Waals surface area contributed by atoms with Crippen LogP contribution in [-0.2, 0) is 4.74 Å². The van der Waals surface area contributed by atoms with Gasteiger partial charge in [-0.3, -0.25) is 4.98 Å². The molecule has 3 rings (SSSR count). The molecule has 0 saturated carbocycles. The summed E-state index contributed by atoms with van der Waals surface area (Å²) in [6, 6.07) is 13.0. The van der Waals surface area contributed by atoms with Crippen molar-refractivity contribution in [1.82, 2.24) is 10.3 Å². The Morgan fingerprint density at radius 2 is 2.16 bits per heavy atom. The van der Waals surface area contributed by atoms with E-state index < -0.39 is 0 Å². The molecule has 0 spiro atoms. The first-order chi connectivity index (χ1) is 9.36. The number of aromatic nitrogens is 1. The van der Waals surface area contributed by atoms with Crippen molar-refractivity contribution in [1.29, 1.82) is 0 Å². The standard InChI is InChI=1S/C16H20N2O/c1-2-17-13-9-10-19-16(11-13)15-8-7-12-5-3-4-6-14(12)18-15/h3-8,13,16-17H,2,9-11H2,1H3. The van der Waals surface area contributed by atoms with Gasteiger partial charge in [0.15, 0.2) is 0 Å². The molecule has 19 heavy (non-hydrogen) atoms. The molecule has 0 aliphatic carbocycles. The zero-order chi connectivity index (χ0) is 13.1. The lowest BCUT2D eigenvalue weighted by Gasteiger charge is -2.29. The van der Waals surface area contributed by atoms with Crippen LogP contribution >= 0.6 is 0 Å². The van der Waals surface area contributed by atoms with Gasteiger partial charge in [-0.05, 0) is 31.5 Å². The van der Waals surface area contributed by atoms with E-state index in [9.17, 15) is 0 Å². The van der Waals surface area contributed by atoms with E-state index in [-0.39, 0.29) is 6.10 Å². The summed E-state index contributed by atoms with van der Waals surface area (Å²) in [5.74, 6) is 0. The first kappa shape index (κ1) is 12.6. The largest absolute Gasteiger partial charge is 0.372 e. The van der Waals surface area contributed by atoms with Crippen LogP contribution in [0.15, 0.2) is 36.4 Å². The summed E-state index contributed by atoms with van der Waals surface area (Å²) in [7, 11) is 0. The number of nitrogens with one attached hydrogen (secondary N) is 1. The van der Waals surface area contributed by atoms with Gasteiger partial charge in [-0.2, -0.15) is 0 Å². The number of hydrogen-bond acceptors (Lipinski definition) is 3. The zero-order valence-electron chi connectivity index (χ0n) is 11.3. The van der Waals surface area contributed by atoms with Gasteiger partial charge in [0.1, 0.15) is 6.10 Å². The smallest absolute Gasteiger partial charge is 0.101 e. The van der Waals surface area contributed by atoms with Crippen LogP contribution in [0.4, 0.5) is 0 Å². The van der Waals surface area contributed by atoms with E-state index in [0.29, 0.717) is 6.04 Å². The van der Waals surface area contributed by atoms with Crippen LogP contribution in [0, 0.1) is 0 Å². The second-order valence-electron chi connectivity index (χ2n) is 5.07. The fourth-order valence-corrected chi connectivity index (χ4v) is 2.74. The van der Waals surface area contributed by atoms with Gasteiger partial charge in [-0.25, -0.2) is 0 Å². The van der Waals surface area contributed by atoms with Crippen LogP contribution in [-0.4, -0.2) is 24.2 Å². The van der Waals surface area contributed by atoms with Gasteiger partial charge in [0, 0.05) is 18.0 Å². The maximum absolute atomic E-state index is 5.89. The Hall–Kier alpha value is -1.45. The average Bonchev–Trinajstić information content (AvgIpc) is 2.47. The summed E-state index contributed by atoms with van der Waals surface area (Å²) in [6.07, 6.45) is 2.24. The highest BCUT2D eigenvalue weighted by Crippen LogP contribution is 2.28. The van der Waals surface area contributed by atoms with Crippen LogP contribution in [0.25, 0.3) is 10.9 Å². The fourth-order valence-electron chi connectivity index (χ4n) is 2.74. The van der Waals surface area contributed by atoms with Crippen molar-refractivity contribution in [2.45, 2.75) is 31.9 Å². The highest BCUT2D eigenvalue weighted by molar-refractivity contribution is 5.78. The van der Waals surface area contributed by atoms with Gasteiger partial charge in [0.2, 0.25) is 0 Å². The molecule has 1 fully saturated rings. The Morgan fingerprint density at radius 1 is 1.26 bits per heavy atom. The van der Waals surface area contributed by atoms with Crippen LogP contribution in [0.2, 0.25) is 0 Å². The molecule has 2 aromatic rings. The molecule has 2 heterocycles. The Balaban J connectivity index is 1.83. The minimum absolute atomic E-state index is 0.127. The topological polar surface area (TPSA) is 34.1 Å². The normalized spacial score (nSPS) is 23.6. The van der Waals surface area contributed by atoms with Gasteiger partial charge >= 0.3 is 0 Å². The molecule has 1 aromatic heterocycles.